The zero-order valence-corrected chi connectivity index (χ0v) is 28.7. The van der Waals surface area contributed by atoms with E-state index < -0.39 is 0 Å². The monoisotopic (exact) mass is 683 g/mol. The molecule has 0 unspecified atom stereocenters. The van der Waals surface area contributed by atoms with Crippen molar-refractivity contribution in [3.05, 3.63) is 152 Å². The predicted molar refractivity (Wildman–Crippen MR) is 220 cm³/mol. The zero-order valence-electron chi connectivity index (χ0n) is 27.1. The summed E-state index contributed by atoms with van der Waals surface area (Å²) in [6.45, 7) is 0. The van der Waals surface area contributed by atoms with Gasteiger partial charge in [-0.2, -0.15) is 0 Å². The van der Waals surface area contributed by atoms with Crippen LogP contribution >= 0.6 is 22.7 Å². The van der Waals surface area contributed by atoms with Gasteiger partial charge in [0.25, 0.3) is 0 Å². The van der Waals surface area contributed by atoms with Crippen molar-refractivity contribution in [2.24, 2.45) is 0 Å². The maximum absolute atomic E-state index is 5.63. The molecule has 0 amide bonds. The molecule has 0 bridgehead atoms. The summed E-state index contributed by atoms with van der Waals surface area (Å²) in [6.07, 6.45) is 0. The van der Waals surface area contributed by atoms with Crippen molar-refractivity contribution in [2.75, 3.05) is 0 Å². The maximum Gasteiger partial charge on any atom is 0.235 e. The summed E-state index contributed by atoms with van der Waals surface area (Å²) in [5.41, 5.74) is 5.25. The van der Waals surface area contributed by atoms with Crippen LogP contribution in [0.4, 0.5) is 0 Å². The van der Waals surface area contributed by atoms with Crippen LogP contribution in [-0.4, -0.2) is 14.5 Å². The van der Waals surface area contributed by atoms with Crippen molar-refractivity contribution >= 4 is 117 Å². The van der Waals surface area contributed by atoms with Crippen molar-refractivity contribution < 1.29 is 0 Å². The van der Waals surface area contributed by atoms with Gasteiger partial charge in [-0.1, -0.05) is 121 Å². The second-order valence-electron chi connectivity index (χ2n) is 13.3. The van der Waals surface area contributed by atoms with Crippen LogP contribution < -0.4 is 0 Å². The Kier molecular flexibility index (Phi) is 5.53. The first kappa shape index (κ1) is 27.7. The number of aromatic nitrogens is 3. The van der Waals surface area contributed by atoms with E-state index >= 15 is 0 Å². The van der Waals surface area contributed by atoms with Crippen LogP contribution in [0.2, 0.25) is 0 Å². The van der Waals surface area contributed by atoms with Crippen LogP contribution in [0.15, 0.2) is 152 Å². The van der Waals surface area contributed by atoms with Gasteiger partial charge in [-0.05, 0) is 51.9 Å². The highest BCUT2D eigenvalue weighted by Crippen LogP contribution is 2.48. The van der Waals surface area contributed by atoms with Gasteiger partial charge in [-0.15, -0.1) is 22.7 Å². The Bertz CT molecular complexity index is 3440. The molecular weight excluding hydrogens is 659 g/mol. The molecule has 12 rings (SSSR count). The molecule has 0 fully saturated rings. The lowest BCUT2D eigenvalue weighted by Crippen LogP contribution is -2.04. The summed E-state index contributed by atoms with van der Waals surface area (Å²) in [5.74, 6) is 0.685. The molecule has 236 valence electrons. The molecule has 0 aliphatic rings. The summed E-state index contributed by atoms with van der Waals surface area (Å²) < 4.78 is 7.44. The van der Waals surface area contributed by atoms with Crippen molar-refractivity contribution in [1.29, 1.82) is 0 Å². The van der Waals surface area contributed by atoms with Crippen molar-refractivity contribution in [1.82, 2.24) is 14.5 Å². The Morgan fingerprint density at radius 2 is 1.08 bits per heavy atom. The molecule has 0 radical (unpaired) electrons. The fourth-order valence-corrected chi connectivity index (χ4v) is 10.8. The van der Waals surface area contributed by atoms with Gasteiger partial charge in [0.2, 0.25) is 5.95 Å². The van der Waals surface area contributed by atoms with Crippen molar-refractivity contribution in [3.8, 4) is 17.2 Å². The molecule has 4 heterocycles. The van der Waals surface area contributed by atoms with Crippen LogP contribution in [-0.2, 0) is 0 Å². The summed E-state index contributed by atoms with van der Waals surface area (Å²) in [5, 5.41) is 13.6. The van der Waals surface area contributed by atoms with Crippen molar-refractivity contribution in [3.63, 3.8) is 0 Å². The highest BCUT2D eigenvalue weighted by Gasteiger charge is 2.24. The topological polar surface area (TPSA) is 30.7 Å². The van der Waals surface area contributed by atoms with Gasteiger partial charge in [0.1, 0.15) is 0 Å². The van der Waals surface area contributed by atoms with Gasteiger partial charge in [0.15, 0.2) is 0 Å². The SMILES string of the molecule is c1ccc2c(c1)ccc1nc(-n3c4ccccc4c4c5ccccc5c5c6ccccc6sc5c43)nc(-c3ccc4c(c3)sc3ccccc34)c12. The van der Waals surface area contributed by atoms with Crippen LogP contribution in [0.1, 0.15) is 0 Å². The molecule has 0 spiro atoms. The molecule has 0 saturated heterocycles. The van der Waals surface area contributed by atoms with Crippen LogP contribution in [0, 0.1) is 0 Å². The van der Waals surface area contributed by atoms with Crippen LogP contribution in [0.3, 0.4) is 0 Å². The molecule has 0 aliphatic carbocycles. The molecule has 0 aliphatic heterocycles. The van der Waals surface area contributed by atoms with Crippen LogP contribution in [0.5, 0.6) is 0 Å². The number of rotatable bonds is 2. The minimum absolute atomic E-state index is 0.685. The normalized spacial score (nSPS) is 12.3. The largest absolute Gasteiger partial charge is 0.276 e. The molecule has 4 aromatic heterocycles. The first-order chi connectivity index (χ1) is 25.3. The van der Waals surface area contributed by atoms with Crippen LogP contribution in [0.25, 0.3) is 112 Å². The predicted octanol–water partition coefficient (Wildman–Crippen LogP) is 13.4. The molecule has 0 N–H and O–H groups in total. The highest BCUT2D eigenvalue weighted by atomic mass is 32.1. The molecule has 0 saturated carbocycles. The van der Waals surface area contributed by atoms with E-state index in [4.69, 9.17) is 9.97 Å². The van der Waals surface area contributed by atoms with Gasteiger partial charge < -0.3 is 0 Å². The fraction of sp³-hybridized carbons (Fsp3) is 0. The quantitative estimate of drug-likeness (QED) is 0.170. The Hall–Kier alpha value is -6.14. The highest BCUT2D eigenvalue weighted by molar-refractivity contribution is 7.27. The van der Waals surface area contributed by atoms with Crippen molar-refractivity contribution in [2.45, 2.75) is 0 Å². The Morgan fingerprint density at radius 3 is 1.92 bits per heavy atom. The minimum Gasteiger partial charge on any atom is -0.276 e. The van der Waals surface area contributed by atoms with Gasteiger partial charge >= 0.3 is 0 Å². The Morgan fingerprint density at radius 1 is 0.431 bits per heavy atom. The third-order valence-electron chi connectivity index (χ3n) is 10.6. The molecular formula is C46H25N3S2. The number of benzene rings is 8. The number of hydrogen-bond donors (Lipinski definition) is 0. The van der Waals surface area contributed by atoms with E-state index in [-0.39, 0.29) is 0 Å². The first-order valence-corrected chi connectivity index (χ1v) is 18.8. The molecule has 12 aromatic rings. The Balaban J connectivity index is 1.26. The fourth-order valence-electron chi connectivity index (χ4n) is 8.41. The van der Waals surface area contributed by atoms with E-state index in [1.807, 2.05) is 22.7 Å². The second kappa shape index (κ2) is 10.2. The van der Waals surface area contributed by atoms with Gasteiger partial charge in [0.05, 0.1) is 26.9 Å². The maximum atomic E-state index is 5.63. The van der Waals surface area contributed by atoms with Gasteiger partial charge in [-0.25, -0.2) is 9.97 Å². The number of fused-ring (bicyclic) bond motifs is 16. The number of para-hydroxylation sites is 1. The molecule has 0 atom stereocenters. The van der Waals surface area contributed by atoms with E-state index in [0.29, 0.717) is 5.95 Å². The lowest BCUT2D eigenvalue weighted by atomic mass is 9.99. The van der Waals surface area contributed by atoms with Gasteiger partial charge in [-0.3, -0.25) is 4.57 Å². The Labute approximate surface area is 299 Å². The van der Waals surface area contributed by atoms with E-state index in [2.05, 4.69) is 156 Å². The number of nitrogens with zero attached hydrogens (tertiary/aromatic N) is 3. The summed E-state index contributed by atoms with van der Waals surface area (Å²) in [4.78, 5) is 11.1. The lowest BCUT2D eigenvalue weighted by Gasteiger charge is -2.14. The molecule has 51 heavy (non-hydrogen) atoms. The minimum atomic E-state index is 0.685. The lowest BCUT2D eigenvalue weighted by molar-refractivity contribution is 1.02. The van der Waals surface area contributed by atoms with E-state index in [1.54, 1.807) is 0 Å². The number of hydrogen-bond acceptors (Lipinski definition) is 4. The summed E-state index contributed by atoms with van der Waals surface area (Å²) in [7, 11) is 0. The average molecular weight is 684 g/mol. The standard InChI is InChI=1S/C46H25N3S2/c1-2-12-28-26(11-1)22-24-35-42(28)43(27-21-23-30-29-13-6-9-19-37(29)50-39(30)25-27)48-46(47-35)49-36-18-8-5-16-33(36)40-31-14-3-4-15-32(31)41-34-17-7-10-20-38(34)51-45(41)44(40)49/h1-25H. The average Bonchev–Trinajstić information content (AvgIpc) is 3.87. The second-order valence-corrected chi connectivity index (χ2v) is 15.4. The smallest absolute Gasteiger partial charge is 0.235 e. The third kappa shape index (κ3) is 3.77. The summed E-state index contributed by atoms with van der Waals surface area (Å²) >= 11 is 3.71. The number of thiophene rings is 2. The van der Waals surface area contributed by atoms with Gasteiger partial charge in [0, 0.05) is 57.4 Å². The third-order valence-corrected chi connectivity index (χ3v) is 12.9. The first-order valence-electron chi connectivity index (χ1n) is 17.2. The van der Waals surface area contributed by atoms with E-state index in [0.717, 1.165) is 38.6 Å². The molecule has 5 heteroatoms. The molecule has 8 aromatic carbocycles. The molecule has 3 nitrogen and oxygen atoms in total. The zero-order chi connectivity index (χ0) is 33.2. The summed E-state index contributed by atoms with van der Waals surface area (Å²) in [6, 6.07) is 54.9. The van der Waals surface area contributed by atoms with E-state index in [9.17, 15) is 0 Å². The van der Waals surface area contributed by atoms with E-state index in [1.165, 1.54) is 67.3 Å².